The second-order valence-electron chi connectivity index (χ2n) is 7.41. The first-order chi connectivity index (χ1) is 14.3. The summed E-state index contributed by atoms with van der Waals surface area (Å²) in [7, 11) is 2.74. The zero-order valence-electron chi connectivity index (χ0n) is 17.1. The van der Waals surface area contributed by atoms with Gasteiger partial charge in [0.2, 0.25) is 11.5 Å². The van der Waals surface area contributed by atoms with Crippen LogP contribution in [0.4, 0.5) is 10.1 Å². The number of carbonyl (C=O) groups is 2. The van der Waals surface area contributed by atoms with Crippen LogP contribution in [0.5, 0.6) is 5.75 Å². The minimum Gasteiger partial charge on any atom is -0.497 e. The molecule has 0 aromatic heterocycles. The zero-order chi connectivity index (χ0) is 21.9. The fourth-order valence-electron chi connectivity index (χ4n) is 3.95. The molecular formula is C23H23FN2O4. The smallest absolute Gasteiger partial charge is 0.310 e. The fraction of sp³-hybridized carbons (Fsp3) is 0.348. The van der Waals surface area contributed by atoms with Crippen molar-refractivity contribution in [2.24, 2.45) is 5.92 Å². The van der Waals surface area contributed by atoms with E-state index in [0.717, 1.165) is 0 Å². The lowest BCUT2D eigenvalue weighted by Crippen LogP contribution is -2.69. The highest BCUT2D eigenvalue weighted by atomic mass is 19.1. The lowest BCUT2D eigenvalue weighted by molar-refractivity contribution is -0.147. The molecule has 3 atom stereocenters. The maximum Gasteiger partial charge on any atom is 0.310 e. The molecule has 0 saturated carbocycles. The number of hydrogen-bond donors (Lipinski definition) is 0. The molecule has 6 nitrogen and oxygen atoms in total. The highest BCUT2D eigenvalue weighted by Gasteiger charge is 2.63. The lowest BCUT2D eigenvalue weighted by Gasteiger charge is -2.51. The summed E-state index contributed by atoms with van der Waals surface area (Å²) in [5, 5.41) is 10.1. The molecule has 2 aromatic rings. The number of methoxy groups -OCH3 is 2. The summed E-state index contributed by atoms with van der Waals surface area (Å²) in [4.78, 5) is 27.1. The second kappa shape index (κ2) is 8.15. The number of halogens is 1. The highest BCUT2D eigenvalue weighted by Crippen LogP contribution is 2.46. The van der Waals surface area contributed by atoms with Gasteiger partial charge in [-0.1, -0.05) is 30.3 Å². The van der Waals surface area contributed by atoms with Gasteiger partial charge in [-0.25, -0.2) is 4.39 Å². The van der Waals surface area contributed by atoms with Crippen molar-refractivity contribution in [3.05, 3.63) is 60.2 Å². The van der Waals surface area contributed by atoms with E-state index < -0.39 is 35.3 Å². The minimum absolute atomic E-state index is 0.0385. The average Bonchev–Trinajstić information content (AvgIpc) is 2.80. The van der Waals surface area contributed by atoms with E-state index >= 15 is 4.39 Å². The molecule has 3 unspecified atom stereocenters. The van der Waals surface area contributed by atoms with Gasteiger partial charge in [0.05, 0.1) is 26.2 Å². The van der Waals surface area contributed by atoms with Crippen molar-refractivity contribution in [1.82, 2.24) is 0 Å². The van der Waals surface area contributed by atoms with Gasteiger partial charge in [0, 0.05) is 24.2 Å². The van der Waals surface area contributed by atoms with Gasteiger partial charge in [0.25, 0.3) is 0 Å². The maximum atomic E-state index is 16.7. The van der Waals surface area contributed by atoms with Crippen molar-refractivity contribution in [2.75, 3.05) is 25.7 Å². The van der Waals surface area contributed by atoms with Gasteiger partial charge in [0.1, 0.15) is 5.75 Å². The Morgan fingerprint density at radius 2 is 1.77 bits per heavy atom. The van der Waals surface area contributed by atoms with Crippen LogP contribution in [-0.2, 0) is 9.53 Å². The molecule has 1 fully saturated rings. The summed E-state index contributed by atoms with van der Waals surface area (Å²) >= 11 is 0. The Hall–Kier alpha value is -3.40. The quantitative estimate of drug-likeness (QED) is 0.554. The van der Waals surface area contributed by atoms with E-state index in [4.69, 9.17) is 9.47 Å². The van der Waals surface area contributed by atoms with Crippen molar-refractivity contribution in [3.8, 4) is 11.8 Å². The Kier molecular flexibility index (Phi) is 5.79. The largest absolute Gasteiger partial charge is 0.497 e. The summed E-state index contributed by atoms with van der Waals surface area (Å²) in [6, 6.07) is 16.7. The molecule has 1 saturated heterocycles. The molecule has 0 amide bonds. The number of ketones is 1. The molecule has 1 aliphatic rings. The first-order valence-corrected chi connectivity index (χ1v) is 9.50. The molecule has 0 aliphatic carbocycles. The molecule has 7 heteroatoms. The highest BCUT2D eigenvalue weighted by molar-refractivity contribution is 6.05. The first-order valence-electron chi connectivity index (χ1n) is 9.50. The molecule has 156 valence electrons. The van der Waals surface area contributed by atoms with Gasteiger partial charge in [-0.3, -0.25) is 9.59 Å². The van der Waals surface area contributed by atoms with E-state index in [1.54, 1.807) is 42.5 Å². The number of rotatable bonds is 5. The molecule has 0 spiro atoms. The molecule has 0 radical (unpaired) electrons. The Balaban J connectivity index is 2.15. The number of piperidine rings is 1. The van der Waals surface area contributed by atoms with E-state index in [0.29, 0.717) is 11.4 Å². The van der Waals surface area contributed by atoms with Gasteiger partial charge >= 0.3 is 5.97 Å². The van der Waals surface area contributed by atoms with Crippen LogP contribution in [0, 0.1) is 17.2 Å². The number of carbonyl (C=O) groups excluding carboxylic acids is 2. The minimum atomic E-state index is -2.64. The van der Waals surface area contributed by atoms with Crippen LogP contribution in [0.15, 0.2) is 54.6 Å². The number of benzene rings is 2. The Morgan fingerprint density at radius 3 is 2.30 bits per heavy atom. The topological polar surface area (TPSA) is 79.6 Å². The summed E-state index contributed by atoms with van der Waals surface area (Å²) in [6.07, 6.45) is -0.440. The average molecular weight is 410 g/mol. The van der Waals surface area contributed by atoms with Gasteiger partial charge < -0.3 is 14.4 Å². The third-order valence-corrected chi connectivity index (χ3v) is 5.77. The van der Waals surface area contributed by atoms with E-state index in [-0.39, 0.29) is 12.1 Å². The van der Waals surface area contributed by atoms with Gasteiger partial charge in [-0.2, -0.15) is 5.26 Å². The predicted molar refractivity (Wildman–Crippen MR) is 109 cm³/mol. The number of nitrogens with zero attached hydrogens (tertiary/aromatic N) is 2. The van der Waals surface area contributed by atoms with E-state index in [1.807, 2.05) is 6.07 Å². The number of Topliss-reactive ketones (excluding diaryl/α,β-unsaturated/α-hetero) is 1. The van der Waals surface area contributed by atoms with Gasteiger partial charge in [-0.05, 0) is 31.2 Å². The molecule has 0 bridgehead atoms. The van der Waals surface area contributed by atoms with Crippen molar-refractivity contribution in [3.63, 3.8) is 0 Å². The molecule has 3 rings (SSSR count). The van der Waals surface area contributed by atoms with Crippen LogP contribution in [0.1, 0.15) is 23.7 Å². The third kappa shape index (κ3) is 3.39. The van der Waals surface area contributed by atoms with Crippen LogP contribution < -0.4 is 9.64 Å². The van der Waals surface area contributed by atoms with E-state index in [2.05, 4.69) is 0 Å². The van der Waals surface area contributed by atoms with Crippen molar-refractivity contribution < 1.29 is 23.5 Å². The van der Waals surface area contributed by atoms with Crippen LogP contribution in [0.25, 0.3) is 0 Å². The number of esters is 1. The molecule has 0 N–H and O–H groups in total. The molecular weight excluding hydrogens is 387 g/mol. The van der Waals surface area contributed by atoms with Crippen LogP contribution in [0.3, 0.4) is 0 Å². The number of hydrogen-bond acceptors (Lipinski definition) is 6. The van der Waals surface area contributed by atoms with Crippen molar-refractivity contribution in [1.29, 1.82) is 5.26 Å². The summed E-state index contributed by atoms with van der Waals surface area (Å²) < 4.78 is 26.7. The Bertz CT molecular complexity index is 973. The standard InChI is InChI=1S/C23H23FN2O4/c1-22(15-25)23(24,20(27)16-7-5-4-6-8-16)13-17(21(28)30-3)14-26(22)18-9-11-19(29-2)12-10-18/h4-12,17H,13-14H2,1-3H3. The number of anilines is 1. The normalized spacial score (nSPS) is 25.8. The maximum absolute atomic E-state index is 16.7. The lowest BCUT2D eigenvalue weighted by atomic mass is 9.68. The van der Waals surface area contributed by atoms with Gasteiger partial charge in [-0.15, -0.1) is 0 Å². The molecule has 1 aliphatic heterocycles. The van der Waals surface area contributed by atoms with Gasteiger partial charge in [0.15, 0.2) is 5.54 Å². The summed E-state index contributed by atoms with van der Waals surface area (Å²) in [5.41, 5.74) is -3.85. The number of nitriles is 1. The Morgan fingerprint density at radius 1 is 1.13 bits per heavy atom. The van der Waals surface area contributed by atoms with Crippen LogP contribution >= 0.6 is 0 Å². The van der Waals surface area contributed by atoms with Crippen molar-refractivity contribution >= 4 is 17.4 Å². The third-order valence-electron chi connectivity index (χ3n) is 5.77. The number of alkyl halides is 1. The zero-order valence-corrected chi connectivity index (χ0v) is 17.1. The fourth-order valence-corrected chi connectivity index (χ4v) is 3.95. The van der Waals surface area contributed by atoms with E-state index in [1.165, 1.54) is 38.2 Å². The monoisotopic (exact) mass is 410 g/mol. The van der Waals surface area contributed by atoms with Crippen molar-refractivity contribution in [2.45, 2.75) is 24.6 Å². The predicted octanol–water partition coefficient (Wildman–Crippen LogP) is 3.57. The summed E-state index contributed by atoms with van der Waals surface area (Å²) in [5.74, 6) is -1.79. The SMILES string of the molecule is COC(=O)C1CN(c2ccc(OC)cc2)C(C)(C#N)C(F)(C(=O)c2ccccc2)C1. The molecule has 1 heterocycles. The second-order valence-corrected chi connectivity index (χ2v) is 7.41. The first kappa shape index (κ1) is 21.3. The summed E-state index contributed by atoms with van der Waals surface area (Å²) in [6.45, 7) is 1.43. The number of ether oxygens (including phenoxy) is 2. The van der Waals surface area contributed by atoms with E-state index in [9.17, 15) is 14.9 Å². The van der Waals surface area contributed by atoms with Crippen LogP contribution in [0.2, 0.25) is 0 Å². The molecule has 2 aromatic carbocycles. The van der Waals surface area contributed by atoms with Crippen LogP contribution in [-0.4, -0.2) is 43.7 Å². The Labute approximate surface area is 174 Å². The molecule has 30 heavy (non-hydrogen) atoms.